The highest BCUT2D eigenvalue weighted by Gasteiger charge is 2.45. The molecule has 1 heterocycles. The number of ether oxygens (including phenoxy) is 1. The lowest BCUT2D eigenvalue weighted by molar-refractivity contribution is -0.0142. The molecule has 0 aromatic heterocycles. The van der Waals surface area contributed by atoms with Gasteiger partial charge in [-0.25, -0.2) is 9.05 Å². The zero-order chi connectivity index (χ0) is 36.2. The third-order valence-electron chi connectivity index (χ3n) is 9.30. The number of piperidine rings is 1. The quantitative estimate of drug-likeness (QED) is 0.0879. The molecule has 0 amide bonds. The van der Waals surface area contributed by atoms with Gasteiger partial charge in [-0.1, -0.05) is 106 Å². The van der Waals surface area contributed by atoms with Crippen molar-refractivity contribution in [2.45, 2.75) is 129 Å². The van der Waals surface area contributed by atoms with Crippen molar-refractivity contribution in [1.29, 1.82) is 0 Å². The molecule has 0 saturated carbocycles. The van der Waals surface area contributed by atoms with Gasteiger partial charge in [0.1, 0.15) is 5.75 Å². The Kier molecular flexibility index (Phi) is 18.2. The van der Waals surface area contributed by atoms with Crippen LogP contribution in [0.15, 0.2) is 84.9 Å². The third kappa shape index (κ3) is 15.9. The van der Waals surface area contributed by atoms with Gasteiger partial charge < -0.3 is 4.74 Å². The number of hydrogen-bond acceptors (Lipinski definition) is 6. The van der Waals surface area contributed by atoms with Crippen LogP contribution in [0, 0.1) is 0 Å². The minimum atomic E-state index is -2.01. The highest BCUT2D eigenvalue weighted by Crippen LogP contribution is 2.39. The van der Waals surface area contributed by atoms with E-state index in [1.165, 1.54) is 57.8 Å². The van der Waals surface area contributed by atoms with E-state index in [9.17, 15) is 9.13 Å². The number of nitrogens with zero attached hydrogens (tertiary/aromatic N) is 1. The molecule has 4 rings (SSSR count). The highest BCUT2D eigenvalue weighted by atomic mass is 31.1. The van der Waals surface area contributed by atoms with Crippen molar-refractivity contribution in [3.8, 4) is 17.2 Å². The predicted molar refractivity (Wildman–Crippen MR) is 209 cm³/mol. The van der Waals surface area contributed by atoms with Crippen molar-refractivity contribution in [2.24, 2.45) is 0 Å². The third-order valence-corrected chi connectivity index (χ3v) is 11.1. The Morgan fingerprint density at radius 3 is 1.60 bits per heavy atom. The molecular weight excluding hydrogens is 664 g/mol. The summed E-state index contributed by atoms with van der Waals surface area (Å²) in [5.74, 6) is 2.06. The van der Waals surface area contributed by atoms with E-state index >= 15 is 0 Å². The van der Waals surface area contributed by atoms with E-state index in [0.29, 0.717) is 11.5 Å². The Bertz CT molecular complexity index is 1370. The van der Waals surface area contributed by atoms with Gasteiger partial charge in [0.15, 0.2) is 11.5 Å². The summed E-state index contributed by atoms with van der Waals surface area (Å²) in [5.41, 5.74) is 0.887. The van der Waals surface area contributed by atoms with Crippen LogP contribution in [-0.2, 0) is 9.13 Å². The molecule has 1 aliphatic rings. The van der Waals surface area contributed by atoms with Gasteiger partial charge in [0.25, 0.3) is 0 Å². The molecule has 10 heteroatoms. The summed E-state index contributed by atoms with van der Waals surface area (Å²) in [7, 11) is -1.74. The molecule has 3 aromatic carbocycles. The fraction of sp³-hybridized carbons (Fsp3) is 0.550. The predicted octanol–water partition coefficient (Wildman–Crippen LogP) is 12.1. The van der Waals surface area contributed by atoms with Crippen LogP contribution in [0.2, 0.25) is 0 Å². The average Bonchev–Trinajstić information content (AvgIpc) is 3.07. The molecule has 3 aromatic rings. The van der Waals surface area contributed by atoms with Crippen LogP contribution in [0.3, 0.4) is 0 Å². The lowest BCUT2D eigenvalue weighted by Gasteiger charge is -2.52. The minimum absolute atomic E-state index is 0.0718. The molecule has 0 radical (unpaired) electrons. The first-order valence-corrected chi connectivity index (χ1v) is 20.7. The van der Waals surface area contributed by atoms with Gasteiger partial charge in [0.2, 0.25) is 0 Å². The highest BCUT2D eigenvalue weighted by molar-refractivity contribution is 7.41. The summed E-state index contributed by atoms with van der Waals surface area (Å²) < 4.78 is 40.8. The van der Waals surface area contributed by atoms with Crippen molar-refractivity contribution in [3.63, 3.8) is 0 Å². The SMILES string of the molecule is CCCCCCCCCCCCOc1ccc(N[P+](=O)Oc2ccccc2)cc1.CN1C(C)(C)CC(N[P+](=O)Oc2ccccc2)CC1(C)C. The van der Waals surface area contributed by atoms with Crippen molar-refractivity contribution in [3.05, 3.63) is 84.9 Å². The molecule has 1 aliphatic heterocycles. The smallest absolute Gasteiger partial charge is 0.494 e. The van der Waals surface area contributed by atoms with Gasteiger partial charge in [0.05, 0.1) is 18.3 Å². The number of rotatable bonds is 20. The number of anilines is 1. The molecular formula is C40H61N3O5P2+2. The van der Waals surface area contributed by atoms with E-state index in [1.807, 2.05) is 72.8 Å². The zero-order valence-electron chi connectivity index (χ0n) is 31.2. The summed E-state index contributed by atoms with van der Waals surface area (Å²) >= 11 is 0. The van der Waals surface area contributed by atoms with Crippen molar-refractivity contribution in [1.82, 2.24) is 9.99 Å². The molecule has 0 bridgehead atoms. The lowest BCUT2D eigenvalue weighted by atomic mass is 9.78. The van der Waals surface area contributed by atoms with Crippen LogP contribution in [-0.4, -0.2) is 35.7 Å². The van der Waals surface area contributed by atoms with Gasteiger partial charge in [-0.05, 0) is 103 Å². The van der Waals surface area contributed by atoms with Gasteiger partial charge in [-0.3, -0.25) is 4.90 Å². The van der Waals surface area contributed by atoms with E-state index in [1.54, 1.807) is 12.1 Å². The van der Waals surface area contributed by atoms with E-state index < -0.39 is 16.4 Å². The fourth-order valence-electron chi connectivity index (χ4n) is 6.33. The molecule has 2 unspecified atom stereocenters. The van der Waals surface area contributed by atoms with Gasteiger partial charge in [-0.15, -0.1) is 5.09 Å². The van der Waals surface area contributed by atoms with Crippen molar-refractivity contribution >= 4 is 22.0 Å². The van der Waals surface area contributed by atoms with Gasteiger partial charge >= 0.3 is 16.4 Å². The second-order valence-corrected chi connectivity index (χ2v) is 16.3. The Balaban J connectivity index is 0.000000284. The van der Waals surface area contributed by atoms with E-state index in [2.05, 4.69) is 56.7 Å². The second-order valence-electron chi connectivity index (χ2n) is 14.4. The van der Waals surface area contributed by atoms with Crippen molar-refractivity contribution in [2.75, 3.05) is 18.7 Å². The van der Waals surface area contributed by atoms with Crippen LogP contribution in [0.1, 0.15) is 112 Å². The van der Waals surface area contributed by atoms with E-state index in [4.69, 9.17) is 13.8 Å². The molecule has 8 nitrogen and oxygen atoms in total. The topological polar surface area (TPSA) is 89.1 Å². The monoisotopic (exact) mass is 725 g/mol. The molecule has 274 valence electrons. The molecule has 1 fully saturated rings. The van der Waals surface area contributed by atoms with Crippen molar-refractivity contribution < 1.29 is 22.9 Å². The van der Waals surface area contributed by atoms with E-state index in [0.717, 1.165) is 37.3 Å². The zero-order valence-corrected chi connectivity index (χ0v) is 33.0. The maximum Gasteiger partial charge on any atom is 0.694 e. The van der Waals surface area contributed by atoms with Crippen LogP contribution in [0.4, 0.5) is 5.69 Å². The molecule has 0 spiro atoms. The molecule has 0 aliphatic carbocycles. The first kappa shape index (κ1) is 41.4. The maximum absolute atomic E-state index is 12.2. The molecule has 2 N–H and O–H groups in total. The Morgan fingerprint density at radius 1 is 0.640 bits per heavy atom. The summed E-state index contributed by atoms with van der Waals surface area (Å²) in [4.78, 5) is 2.41. The largest absolute Gasteiger partial charge is 0.694 e. The second kappa shape index (κ2) is 22.0. The average molecular weight is 726 g/mol. The summed E-state index contributed by atoms with van der Waals surface area (Å²) in [6.07, 6.45) is 15.1. The Hall–Kier alpha value is -3.02. The van der Waals surface area contributed by atoms with Crippen LogP contribution >= 0.6 is 16.4 Å². The van der Waals surface area contributed by atoms with Gasteiger partial charge in [0, 0.05) is 20.2 Å². The molecule has 1 saturated heterocycles. The summed E-state index contributed by atoms with van der Waals surface area (Å²) in [6, 6.07) is 26.1. The number of para-hydroxylation sites is 2. The van der Waals surface area contributed by atoms with Crippen LogP contribution in [0.25, 0.3) is 0 Å². The number of likely N-dealkylation sites (tertiary alicyclic amines) is 1. The molecule has 50 heavy (non-hydrogen) atoms. The number of unbranched alkanes of at least 4 members (excludes halogenated alkanes) is 9. The summed E-state index contributed by atoms with van der Waals surface area (Å²) in [5, 5.41) is 6.02. The van der Waals surface area contributed by atoms with Crippen LogP contribution in [0.5, 0.6) is 17.2 Å². The number of hydrogen-bond donors (Lipinski definition) is 2. The maximum atomic E-state index is 12.2. The number of nitrogens with one attached hydrogen (secondary N) is 2. The van der Waals surface area contributed by atoms with Crippen LogP contribution < -0.4 is 24.0 Å². The first-order chi connectivity index (χ1) is 24.0. The normalized spacial score (nSPS) is 16.0. The first-order valence-electron chi connectivity index (χ1n) is 18.4. The molecule has 2 atom stereocenters. The number of benzene rings is 3. The summed E-state index contributed by atoms with van der Waals surface area (Å²) in [6.45, 7) is 11.9. The Labute approximate surface area is 303 Å². The van der Waals surface area contributed by atoms with E-state index in [-0.39, 0.29) is 17.1 Å². The lowest BCUT2D eigenvalue weighted by Crippen LogP contribution is -2.61. The fourth-order valence-corrected chi connectivity index (χ4v) is 7.89. The van der Waals surface area contributed by atoms with Gasteiger partial charge in [-0.2, -0.15) is 0 Å². The standard InChI is InChI=1S/C24H35NO3P.C16H26N2O2P/c1-2-3-4-5-6-7-8-9-10-14-21-27-23-19-17-22(18-20-23)25-29(26)28-24-15-12-11-13-16-24;1-15(2)11-13(12-16(3,4)18(15)5)17-21(19)20-14-9-7-6-8-10-14/h11-13,15-20H,2-10,14,21H2,1H3,(H,25,26);6-10,13H,11-12H2,1-5H3,(H,17,19)/q2*+1. The minimum Gasteiger partial charge on any atom is -0.494 e. The Morgan fingerprint density at radius 2 is 1.10 bits per heavy atom.